The molecule has 0 radical (unpaired) electrons. The summed E-state index contributed by atoms with van der Waals surface area (Å²) in [5.41, 5.74) is 2.59. The van der Waals surface area contributed by atoms with Crippen molar-refractivity contribution in [2.24, 2.45) is 0 Å². The molecule has 0 aliphatic carbocycles. The topological polar surface area (TPSA) is 15.3 Å². The second kappa shape index (κ2) is 10.2. The van der Waals surface area contributed by atoms with E-state index in [1.807, 2.05) is 13.8 Å². The second-order valence-corrected chi connectivity index (χ2v) is 3.84. The van der Waals surface area contributed by atoms with Crippen LogP contribution in [-0.4, -0.2) is 31.1 Å². The number of hydrogen-bond acceptors (Lipinski definition) is 2. The Morgan fingerprint density at radius 1 is 1.24 bits per heavy atom. The van der Waals surface area contributed by atoms with Crippen molar-refractivity contribution in [2.75, 3.05) is 26.2 Å². The van der Waals surface area contributed by atoms with Gasteiger partial charge < -0.3 is 10.2 Å². The van der Waals surface area contributed by atoms with Crippen LogP contribution in [0.4, 0.5) is 0 Å². The molecule has 1 fully saturated rings. The van der Waals surface area contributed by atoms with Crippen LogP contribution in [0.1, 0.15) is 34.1 Å². The third-order valence-electron chi connectivity index (χ3n) is 2.72. The third kappa shape index (κ3) is 6.32. The number of nitrogens with zero attached hydrogens (tertiary/aromatic N) is 1. The smallest absolute Gasteiger partial charge is 0.0300 e. The maximum atomic E-state index is 4.17. The largest absolute Gasteiger partial charge is 0.372 e. The summed E-state index contributed by atoms with van der Waals surface area (Å²) in [6.07, 6.45) is 7.38. The number of allylic oxidation sites excluding steroid dienone is 4. The zero-order chi connectivity index (χ0) is 13.1. The van der Waals surface area contributed by atoms with Crippen molar-refractivity contribution in [3.8, 4) is 0 Å². The molecule has 2 nitrogen and oxygen atoms in total. The Labute approximate surface area is 107 Å². The first-order valence-electron chi connectivity index (χ1n) is 6.69. The molecule has 0 aromatic carbocycles. The average Bonchev–Trinajstić information content (AvgIpc) is 2.41. The molecule has 1 aliphatic rings. The molecular weight excluding hydrogens is 208 g/mol. The summed E-state index contributed by atoms with van der Waals surface area (Å²) < 4.78 is 0. The SMILES string of the molecule is C=C(CC(/C=C\C)=C/C)N1CCNCC1.CC. The monoisotopic (exact) mass is 236 g/mol. The van der Waals surface area contributed by atoms with E-state index in [4.69, 9.17) is 0 Å². The molecule has 1 heterocycles. The van der Waals surface area contributed by atoms with E-state index < -0.39 is 0 Å². The fraction of sp³-hybridized carbons (Fsp3) is 0.600. The van der Waals surface area contributed by atoms with Gasteiger partial charge in [-0.25, -0.2) is 0 Å². The lowest BCUT2D eigenvalue weighted by Gasteiger charge is -2.31. The molecule has 1 rings (SSSR count). The Morgan fingerprint density at radius 3 is 2.29 bits per heavy atom. The van der Waals surface area contributed by atoms with Crippen LogP contribution in [0.15, 0.2) is 36.1 Å². The van der Waals surface area contributed by atoms with Crippen LogP contribution >= 0.6 is 0 Å². The summed E-state index contributed by atoms with van der Waals surface area (Å²) >= 11 is 0. The molecule has 1 N–H and O–H groups in total. The first-order valence-corrected chi connectivity index (χ1v) is 6.69. The molecule has 2 heteroatoms. The van der Waals surface area contributed by atoms with Gasteiger partial charge in [0, 0.05) is 38.3 Å². The highest BCUT2D eigenvalue weighted by Crippen LogP contribution is 2.15. The Bertz CT molecular complexity index is 258. The number of hydrogen-bond donors (Lipinski definition) is 1. The van der Waals surface area contributed by atoms with Crippen LogP contribution in [0.2, 0.25) is 0 Å². The second-order valence-electron chi connectivity index (χ2n) is 3.84. The predicted octanol–water partition coefficient (Wildman–Crippen LogP) is 3.34. The minimum atomic E-state index is 0.973. The molecule has 0 aromatic rings. The summed E-state index contributed by atoms with van der Waals surface area (Å²) in [4.78, 5) is 2.38. The van der Waals surface area contributed by atoms with Gasteiger partial charge in [-0.1, -0.05) is 38.7 Å². The summed E-state index contributed by atoms with van der Waals surface area (Å²) in [6.45, 7) is 16.6. The quantitative estimate of drug-likeness (QED) is 0.753. The van der Waals surface area contributed by atoms with Crippen LogP contribution in [0.5, 0.6) is 0 Å². The zero-order valence-electron chi connectivity index (χ0n) is 11.9. The van der Waals surface area contributed by atoms with Crippen molar-refractivity contribution in [1.29, 1.82) is 0 Å². The van der Waals surface area contributed by atoms with E-state index in [2.05, 4.69) is 48.9 Å². The van der Waals surface area contributed by atoms with Gasteiger partial charge in [-0.15, -0.1) is 0 Å². The maximum absolute atomic E-state index is 4.17. The molecule has 0 saturated carbocycles. The summed E-state index contributed by atoms with van der Waals surface area (Å²) in [7, 11) is 0. The lowest BCUT2D eigenvalue weighted by atomic mass is 10.1. The normalized spacial score (nSPS) is 16.7. The van der Waals surface area contributed by atoms with Gasteiger partial charge in [0.05, 0.1) is 0 Å². The van der Waals surface area contributed by atoms with Gasteiger partial charge in [0.25, 0.3) is 0 Å². The first-order chi connectivity index (χ1) is 8.27. The molecule has 0 amide bonds. The molecule has 0 unspecified atom stereocenters. The molecule has 98 valence electrons. The molecule has 0 atom stereocenters. The molecule has 1 saturated heterocycles. The number of rotatable bonds is 4. The maximum Gasteiger partial charge on any atom is 0.0300 e. The molecule has 1 aliphatic heterocycles. The van der Waals surface area contributed by atoms with Crippen molar-refractivity contribution in [2.45, 2.75) is 34.1 Å². The van der Waals surface area contributed by atoms with Gasteiger partial charge in [-0.2, -0.15) is 0 Å². The van der Waals surface area contributed by atoms with Gasteiger partial charge in [0.2, 0.25) is 0 Å². The van der Waals surface area contributed by atoms with Crippen LogP contribution in [0, 0.1) is 0 Å². The molecule has 0 bridgehead atoms. The van der Waals surface area contributed by atoms with Gasteiger partial charge in [-0.05, 0) is 19.4 Å². The van der Waals surface area contributed by atoms with Crippen molar-refractivity contribution < 1.29 is 0 Å². The highest BCUT2D eigenvalue weighted by molar-refractivity contribution is 5.23. The molecule has 0 aromatic heterocycles. The van der Waals surface area contributed by atoms with Crippen LogP contribution in [0.3, 0.4) is 0 Å². The fourth-order valence-corrected chi connectivity index (χ4v) is 1.80. The standard InChI is InChI=1S/C13H22N2.C2H6/c1-4-6-13(5-2)11-12(3)15-9-7-14-8-10-15;1-2/h4-6,14H,3,7-11H2,1-2H3;1-2H3/b6-4-,13-5+;. The predicted molar refractivity (Wildman–Crippen MR) is 78.1 cm³/mol. The highest BCUT2D eigenvalue weighted by atomic mass is 15.2. The van der Waals surface area contributed by atoms with E-state index in [9.17, 15) is 0 Å². The minimum Gasteiger partial charge on any atom is -0.372 e. The van der Waals surface area contributed by atoms with E-state index in [0.29, 0.717) is 0 Å². The van der Waals surface area contributed by atoms with E-state index in [1.165, 1.54) is 11.3 Å². The van der Waals surface area contributed by atoms with Gasteiger partial charge in [0.1, 0.15) is 0 Å². The Morgan fingerprint density at radius 2 is 1.82 bits per heavy atom. The minimum absolute atomic E-state index is 0.973. The Kier molecular flexibility index (Phi) is 9.55. The van der Waals surface area contributed by atoms with Crippen molar-refractivity contribution in [1.82, 2.24) is 10.2 Å². The van der Waals surface area contributed by atoms with E-state index in [0.717, 1.165) is 32.6 Å². The van der Waals surface area contributed by atoms with Crippen LogP contribution < -0.4 is 5.32 Å². The van der Waals surface area contributed by atoms with E-state index >= 15 is 0 Å². The van der Waals surface area contributed by atoms with E-state index in [-0.39, 0.29) is 0 Å². The number of nitrogens with one attached hydrogen (secondary N) is 1. The fourth-order valence-electron chi connectivity index (χ4n) is 1.80. The lowest BCUT2D eigenvalue weighted by molar-refractivity contribution is 0.295. The van der Waals surface area contributed by atoms with E-state index in [1.54, 1.807) is 0 Å². The summed E-state index contributed by atoms with van der Waals surface area (Å²) in [5.74, 6) is 0. The summed E-state index contributed by atoms with van der Waals surface area (Å²) in [5, 5.41) is 3.35. The lowest BCUT2D eigenvalue weighted by Crippen LogP contribution is -2.42. The Hall–Kier alpha value is -1.02. The van der Waals surface area contributed by atoms with Gasteiger partial charge >= 0.3 is 0 Å². The number of piperazine rings is 1. The zero-order valence-corrected chi connectivity index (χ0v) is 11.9. The summed E-state index contributed by atoms with van der Waals surface area (Å²) in [6, 6.07) is 0. The Balaban J connectivity index is 0.00000121. The van der Waals surface area contributed by atoms with Crippen LogP contribution in [0.25, 0.3) is 0 Å². The average molecular weight is 236 g/mol. The van der Waals surface area contributed by atoms with Gasteiger partial charge in [-0.3, -0.25) is 0 Å². The molecule has 0 spiro atoms. The molecule has 17 heavy (non-hydrogen) atoms. The molecular formula is C15H28N2. The van der Waals surface area contributed by atoms with Crippen molar-refractivity contribution >= 4 is 0 Å². The highest BCUT2D eigenvalue weighted by Gasteiger charge is 2.11. The van der Waals surface area contributed by atoms with Crippen molar-refractivity contribution in [3.63, 3.8) is 0 Å². The van der Waals surface area contributed by atoms with Gasteiger partial charge in [0.15, 0.2) is 0 Å². The van der Waals surface area contributed by atoms with Crippen LogP contribution in [-0.2, 0) is 0 Å². The van der Waals surface area contributed by atoms with Crippen molar-refractivity contribution in [3.05, 3.63) is 36.1 Å². The first kappa shape index (κ1) is 16.0. The third-order valence-corrected chi connectivity index (χ3v) is 2.72.